The SMILES string of the molecule is Cc1ncsc1-c1ccc(CNC(=O)[C@@H]2CCCN2C(=O)[C@@H](NC(=O)COCCOCCOCCOCCNC(=O)c2ccc(C=O)cc2)C(C)(C)C)cc1. The second kappa shape index (κ2) is 22.1. The molecule has 2 atom stereocenters. The summed E-state index contributed by atoms with van der Waals surface area (Å²) in [6.45, 7) is 10.7. The molecule has 1 saturated heterocycles. The Labute approximate surface area is 326 Å². The van der Waals surface area contributed by atoms with Gasteiger partial charge in [-0.15, -0.1) is 11.3 Å². The predicted octanol–water partition coefficient (Wildman–Crippen LogP) is 3.57. The normalized spacial score (nSPS) is 14.7. The van der Waals surface area contributed by atoms with E-state index in [0.717, 1.165) is 28.0 Å². The number of likely N-dealkylation sites (tertiary alicyclic amines) is 1. The van der Waals surface area contributed by atoms with E-state index in [0.29, 0.717) is 76.6 Å². The first-order valence-corrected chi connectivity index (χ1v) is 19.4. The van der Waals surface area contributed by atoms with Crippen molar-refractivity contribution in [3.8, 4) is 10.4 Å². The van der Waals surface area contributed by atoms with Gasteiger partial charge in [0.25, 0.3) is 5.91 Å². The number of nitrogens with zero attached hydrogens (tertiary/aromatic N) is 2. The summed E-state index contributed by atoms with van der Waals surface area (Å²) < 4.78 is 21.9. The Balaban J connectivity index is 1.06. The summed E-state index contributed by atoms with van der Waals surface area (Å²) in [5.41, 5.74) is 5.21. The van der Waals surface area contributed by atoms with E-state index < -0.39 is 23.4 Å². The van der Waals surface area contributed by atoms with Gasteiger partial charge in [0.2, 0.25) is 17.7 Å². The topological polar surface area (TPSA) is 174 Å². The highest BCUT2D eigenvalue weighted by atomic mass is 32.1. The van der Waals surface area contributed by atoms with Crippen LogP contribution in [0.3, 0.4) is 0 Å². The fourth-order valence-corrected chi connectivity index (χ4v) is 6.67. The Morgan fingerprint density at radius 1 is 0.891 bits per heavy atom. The lowest BCUT2D eigenvalue weighted by Gasteiger charge is -2.35. The fraction of sp³-hybridized carbons (Fsp3) is 0.500. The Bertz CT molecular complexity index is 1690. The number of benzene rings is 2. The maximum Gasteiger partial charge on any atom is 0.251 e. The average Bonchev–Trinajstić information content (AvgIpc) is 3.85. The molecule has 14 nitrogen and oxygen atoms in total. The van der Waals surface area contributed by atoms with Gasteiger partial charge in [0, 0.05) is 30.8 Å². The largest absolute Gasteiger partial charge is 0.377 e. The molecule has 1 aromatic heterocycles. The van der Waals surface area contributed by atoms with Crippen LogP contribution in [0.4, 0.5) is 0 Å². The van der Waals surface area contributed by atoms with Gasteiger partial charge < -0.3 is 39.8 Å². The lowest BCUT2D eigenvalue weighted by atomic mass is 9.85. The zero-order chi connectivity index (χ0) is 39.6. The Hall–Kier alpha value is -4.54. The number of hydrogen-bond acceptors (Lipinski definition) is 11. The van der Waals surface area contributed by atoms with Crippen LogP contribution in [0.25, 0.3) is 10.4 Å². The van der Waals surface area contributed by atoms with Gasteiger partial charge in [-0.2, -0.15) is 0 Å². The van der Waals surface area contributed by atoms with E-state index in [2.05, 4.69) is 20.9 Å². The summed E-state index contributed by atoms with van der Waals surface area (Å²) >= 11 is 1.59. The van der Waals surface area contributed by atoms with Crippen molar-refractivity contribution in [2.45, 2.75) is 59.2 Å². The van der Waals surface area contributed by atoms with Crippen LogP contribution in [0.5, 0.6) is 0 Å². The van der Waals surface area contributed by atoms with Crippen LogP contribution in [0.1, 0.15) is 65.6 Å². The van der Waals surface area contributed by atoms with Crippen LogP contribution in [-0.4, -0.2) is 118 Å². The molecule has 15 heteroatoms. The molecule has 1 aliphatic rings. The molecule has 0 aliphatic carbocycles. The maximum atomic E-state index is 13.8. The van der Waals surface area contributed by atoms with Gasteiger partial charge in [-0.05, 0) is 48.4 Å². The number of aldehydes is 1. The lowest BCUT2D eigenvalue weighted by molar-refractivity contribution is -0.144. The van der Waals surface area contributed by atoms with Crippen molar-refractivity contribution < 1.29 is 42.9 Å². The summed E-state index contributed by atoms with van der Waals surface area (Å²) in [4.78, 5) is 69.8. The zero-order valence-electron chi connectivity index (χ0n) is 32.1. The van der Waals surface area contributed by atoms with E-state index in [1.165, 1.54) is 0 Å². The number of ether oxygens (including phenoxy) is 4. The van der Waals surface area contributed by atoms with E-state index in [4.69, 9.17) is 18.9 Å². The quantitative estimate of drug-likeness (QED) is 0.101. The molecule has 1 aliphatic heterocycles. The molecule has 3 N–H and O–H groups in total. The van der Waals surface area contributed by atoms with E-state index in [1.807, 2.05) is 57.5 Å². The number of aromatic nitrogens is 1. The molecule has 0 radical (unpaired) electrons. The molecular formula is C40H53N5O9S. The van der Waals surface area contributed by atoms with Crippen LogP contribution in [-0.2, 0) is 39.9 Å². The number of nitrogens with one attached hydrogen (secondary N) is 3. The Morgan fingerprint density at radius 2 is 1.53 bits per heavy atom. The number of hydrogen-bond donors (Lipinski definition) is 3. The third kappa shape index (κ3) is 13.9. The molecule has 0 saturated carbocycles. The van der Waals surface area contributed by atoms with Crippen LogP contribution in [0.15, 0.2) is 54.0 Å². The third-order valence-electron chi connectivity index (χ3n) is 8.88. The number of rotatable bonds is 22. The minimum atomic E-state index is -0.844. The second-order valence-corrected chi connectivity index (χ2v) is 15.0. The highest BCUT2D eigenvalue weighted by Crippen LogP contribution is 2.28. The van der Waals surface area contributed by atoms with Gasteiger partial charge >= 0.3 is 0 Å². The Morgan fingerprint density at radius 3 is 2.13 bits per heavy atom. The van der Waals surface area contributed by atoms with Gasteiger partial charge in [-0.25, -0.2) is 4.98 Å². The zero-order valence-corrected chi connectivity index (χ0v) is 32.9. The number of carbonyl (C=O) groups is 5. The van der Waals surface area contributed by atoms with E-state index in [9.17, 15) is 24.0 Å². The number of aryl methyl sites for hydroxylation is 1. The van der Waals surface area contributed by atoms with Gasteiger partial charge in [-0.3, -0.25) is 24.0 Å². The van der Waals surface area contributed by atoms with Crippen molar-refractivity contribution in [1.29, 1.82) is 0 Å². The fourth-order valence-electron chi connectivity index (χ4n) is 5.86. The van der Waals surface area contributed by atoms with Crippen molar-refractivity contribution in [3.05, 3.63) is 76.4 Å². The first-order valence-electron chi connectivity index (χ1n) is 18.5. The van der Waals surface area contributed by atoms with Crippen molar-refractivity contribution in [2.75, 3.05) is 65.9 Å². The summed E-state index contributed by atoms with van der Waals surface area (Å²) in [5.74, 6) is -1.17. The molecule has 55 heavy (non-hydrogen) atoms. The minimum absolute atomic E-state index is 0.180. The molecule has 2 aromatic carbocycles. The van der Waals surface area contributed by atoms with Gasteiger partial charge in [-0.1, -0.05) is 57.2 Å². The molecule has 1 fully saturated rings. The molecule has 2 heterocycles. The molecule has 298 valence electrons. The summed E-state index contributed by atoms with van der Waals surface area (Å²) in [7, 11) is 0. The number of amides is 4. The third-order valence-corrected chi connectivity index (χ3v) is 9.85. The van der Waals surface area contributed by atoms with Gasteiger partial charge in [0.1, 0.15) is 25.0 Å². The van der Waals surface area contributed by atoms with E-state index in [1.54, 1.807) is 40.5 Å². The molecule has 4 rings (SSSR count). The maximum absolute atomic E-state index is 13.8. The second-order valence-electron chi connectivity index (χ2n) is 14.1. The van der Waals surface area contributed by atoms with Crippen molar-refractivity contribution in [3.63, 3.8) is 0 Å². The van der Waals surface area contributed by atoms with Crippen LogP contribution in [0.2, 0.25) is 0 Å². The number of carbonyl (C=O) groups excluding carboxylic acids is 5. The van der Waals surface area contributed by atoms with Crippen LogP contribution < -0.4 is 16.0 Å². The molecule has 0 spiro atoms. The first-order chi connectivity index (χ1) is 26.5. The predicted molar refractivity (Wildman–Crippen MR) is 208 cm³/mol. The van der Waals surface area contributed by atoms with Crippen molar-refractivity contribution in [2.24, 2.45) is 5.41 Å². The summed E-state index contributed by atoms with van der Waals surface area (Å²) in [6, 6.07) is 12.9. The smallest absolute Gasteiger partial charge is 0.251 e. The molecule has 0 bridgehead atoms. The van der Waals surface area contributed by atoms with Gasteiger partial charge in [0.15, 0.2) is 0 Å². The van der Waals surface area contributed by atoms with Crippen LogP contribution >= 0.6 is 11.3 Å². The molecular weight excluding hydrogens is 727 g/mol. The summed E-state index contributed by atoms with van der Waals surface area (Å²) in [5, 5.41) is 8.58. The van der Waals surface area contributed by atoms with Crippen molar-refractivity contribution in [1.82, 2.24) is 25.8 Å². The molecule has 4 amide bonds. The first kappa shape index (κ1) is 43.2. The van der Waals surface area contributed by atoms with Crippen LogP contribution in [0, 0.1) is 12.3 Å². The lowest BCUT2D eigenvalue weighted by Crippen LogP contribution is -2.58. The average molecular weight is 780 g/mol. The highest BCUT2D eigenvalue weighted by Gasteiger charge is 2.41. The van der Waals surface area contributed by atoms with E-state index in [-0.39, 0.29) is 37.5 Å². The highest BCUT2D eigenvalue weighted by molar-refractivity contribution is 7.13. The monoisotopic (exact) mass is 779 g/mol. The molecule has 0 unspecified atom stereocenters. The Kier molecular flexibility index (Phi) is 17.4. The van der Waals surface area contributed by atoms with Crippen molar-refractivity contribution >= 4 is 41.3 Å². The molecule has 3 aromatic rings. The van der Waals surface area contributed by atoms with E-state index >= 15 is 0 Å². The minimum Gasteiger partial charge on any atom is -0.377 e. The summed E-state index contributed by atoms with van der Waals surface area (Å²) in [6.07, 6.45) is 1.97. The number of thiazole rings is 1. The van der Waals surface area contributed by atoms with Gasteiger partial charge in [0.05, 0.1) is 62.3 Å². The standard InChI is InChI=1S/C40H53N5O9S/c1-28-35(55-27-43-28)31-11-7-29(8-12-31)24-42-38(49)33-6-5-16-45(33)39(50)36(40(2,3)4)44-34(47)26-54-23-22-53-21-20-52-19-18-51-17-15-41-37(48)32-13-9-30(25-46)10-14-32/h7-14,25,27,33,36H,5-6,15-24,26H2,1-4H3,(H,41,48)(H,42,49)(H,44,47)/t33-,36+/m0/s1.